The van der Waals surface area contributed by atoms with E-state index in [1.807, 2.05) is 0 Å². The fourth-order valence-corrected chi connectivity index (χ4v) is 3.24. The number of hydrogen-bond donors (Lipinski definition) is 1. The van der Waals surface area contributed by atoms with Crippen molar-refractivity contribution in [1.29, 1.82) is 0 Å². The molecule has 1 atom stereocenters. The van der Waals surface area contributed by atoms with Crippen LogP contribution in [0.3, 0.4) is 0 Å². The standard InChI is InChI=1S/C19H13Cl2F2N5O/c20-12-3-1-2-4-15(12)28-16(29-19-17(24)18(21)25-9-26-19)8-14(27-28)11-6-5-10(22)7-13(11)23/h1-7,9,16H,8,24H2/t16-/m0/s1. The van der Waals surface area contributed by atoms with Crippen LogP contribution in [0.15, 0.2) is 53.9 Å². The summed E-state index contributed by atoms with van der Waals surface area (Å²) in [4.78, 5) is 7.79. The van der Waals surface area contributed by atoms with E-state index >= 15 is 0 Å². The Morgan fingerprint density at radius 3 is 2.66 bits per heavy atom. The first kappa shape index (κ1) is 19.4. The fraction of sp³-hybridized carbons (Fsp3) is 0.105. The first-order valence-electron chi connectivity index (χ1n) is 8.43. The highest BCUT2D eigenvalue weighted by atomic mass is 35.5. The molecule has 3 aromatic rings. The molecule has 1 aliphatic rings. The first-order valence-corrected chi connectivity index (χ1v) is 9.19. The fourth-order valence-electron chi connectivity index (χ4n) is 2.89. The van der Waals surface area contributed by atoms with Crippen molar-refractivity contribution in [2.75, 3.05) is 10.7 Å². The number of benzene rings is 2. The molecule has 2 N–H and O–H groups in total. The topological polar surface area (TPSA) is 76.6 Å². The summed E-state index contributed by atoms with van der Waals surface area (Å²) in [5.74, 6) is -1.35. The van der Waals surface area contributed by atoms with Crippen LogP contribution in [0.4, 0.5) is 20.2 Å². The van der Waals surface area contributed by atoms with Crippen molar-refractivity contribution in [2.24, 2.45) is 5.10 Å². The Labute approximate surface area is 174 Å². The van der Waals surface area contributed by atoms with E-state index in [2.05, 4.69) is 15.1 Å². The second-order valence-electron chi connectivity index (χ2n) is 6.13. The van der Waals surface area contributed by atoms with Crippen LogP contribution < -0.4 is 15.5 Å². The van der Waals surface area contributed by atoms with Crippen LogP contribution in [0, 0.1) is 11.6 Å². The normalized spacial score (nSPS) is 16.1. The van der Waals surface area contributed by atoms with Crippen molar-refractivity contribution >= 4 is 40.3 Å². The molecule has 0 amide bonds. The summed E-state index contributed by atoms with van der Waals surface area (Å²) in [7, 11) is 0. The van der Waals surface area contributed by atoms with Gasteiger partial charge >= 0.3 is 0 Å². The van der Waals surface area contributed by atoms with Crippen molar-refractivity contribution in [2.45, 2.75) is 12.6 Å². The number of nitrogen functional groups attached to an aromatic ring is 1. The molecule has 1 aliphatic heterocycles. The number of halogens is 4. The van der Waals surface area contributed by atoms with Gasteiger partial charge in [0.25, 0.3) is 0 Å². The van der Waals surface area contributed by atoms with Gasteiger partial charge in [-0.25, -0.2) is 18.8 Å². The lowest BCUT2D eigenvalue weighted by molar-refractivity contribution is 0.206. The number of rotatable bonds is 4. The minimum absolute atomic E-state index is 0.0445. The number of aromatic nitrogens is 2. The average Bonchev–Trinajstić information content (AvgIpc) is 3.09. The van der Waals surface area contributed by atoms with Crippen LogP contribution in [0.1, 0.15) is 12.0 Å². The summed E-state index contributed by atoms with van der Waals surface area (Å²) < 4.78 is 33.5. The number of ether oxygens (including phenoxy) is 1. The van der Waals surface area contributed by atoms with Gasteiger partial charge in [0.2, 0.25) is 5.88 Å². The molecule has 29 heavy (non-hydrogen) atoms. The highest BCUT2D eigenvalue weighted by Gasteiger charge is 2.33. The van der Waals surface area contributed by atoms with Crippen molar-refractivity contribution in [3.8, 4) is 5.88 Å². The van der Waals surface area contributed by atoms with Crippen molar-refractivity contribution in [3.63, 3.8) is 0 Å². The molecular formula is C19H13Cl2F2N5O. The van der Waals surface area contributed by atoms with Gasteiger partial charge in [0.1, 0.15) is 23.6 Å². The van der Waals surface area contributed by atoms with Gasteiger partial charge in [0, 0.05) is 11.6 Å². The summed E-state index contributed by atoms with van der Waals surface area (Å²) in [6.07, 6.45) is 0.626. The molecular weight excluding hydrogens is 423 g/mol. The van der Waals surface area contributed by atoms with E-state index in [-0.39, 0.29) is 28.7 Å². The van der Waals surface area contributed by atoms with Gasteiger partial charge in [-0.05, 0) is 24.3 Å². The van der Waals surface area contributed by atoms with E-state index in [1.165, 1.54) is 17.4 Å². The molecule has 6 nitrogen and oxygen atoms in total. The second-order valence-corrected chi connectivity index (χ2v) is 6.89. The maximum atomic E-state index is 14.3. The lowest BCUT2D eigenvalue weighted by Crippen LogP contribution is -2.32. The number of hydrazone groups is 1. The Balaban J connectivity index is 1.74. The van der Waals surface area contributed by atoms with Crippen LogP contribution in [0.25, 0.3) is 0 Å². The van der Waals surface area contributed by atoms with Gasteiger partial charge in [-0.2, -0.15) is 10.1 Å². The van der Waals surface area contributed by atoms with Gasteiger partial charge in [-0.3, -0.25) is 0 Å². The van der Waals surface area contributed by atoms with Gasteiger partial charge < -0.3 is 10.5 Å². The molecule has 0 spiro atoms. The molecule has 0 saturated heterocycles. The summed E-state index contributed by atoms with van der Waals surface area (Å²) in [6.45, 7) is 0. The first-order chi connectivity index (χ1) is 13.9. The maximum absolute atomic E-state index is 14.3. The summed E-state index contributed by atoms with van der Waals surface area (Å²) in [5.41, 5.74) is 7.01. The van der Waals surface area contributed by atoms with E-state index in [0.717, 1.165) is 12.1 Å². The number of hydrogen-bond acceptors (Lipinski definition) is 6. The molecule has 10 heteroatoms. The van der Waals surface area contributed by atoms with E-state index in [1.54, 1.807) is 24.3 Å². The number of para-hydroxylation sites is 1. The molecule has 0 fully saturated rings. The van der Waals surface area contributed by atoms with E-state index in [9.17, 15) is 8.78 Å². The van der Waals surface area contributed by atoms with Gasteiger partial charge in [-0.1, -0.05) is 35.3 Å². The minimum Gasteiger partial charge on any atom is -0.450 e. The largest absolute Gasteiger partial charge is 0.450 e. The van der Waals surface area contributed by atoms with Crippen LogP contribution >= 0.6 is 23.2 Å². The monoisotopic (exact) mass is 435 g/mol. The Kier molecular flexibility index (Phi) is 5.21. The molecule has 0 saturated carbocycles. The molecule has 4 rings (SSSR count). The average molecular weight is 436 g/mol. The summed E-state index contributed by atoms with van der Waals surface area (Å²) in [6, 6.07) is 10.3. The zero-order valence-electron chi connectivity index (χ0n) is 14.7. The summed E-state index contributed by atoms with van der Waals surface area (Å²) >= 11 is 12.2. The van der Waals surface area contributed by atoms with Crippen molar-refractivity contribution < 1.29 is 13.5 Å². The number of nitrogens with two attached hydrogens (primary N) is 1. The SMILES string of the molecule is Nc1c(Cl)ncnc1O[C@H]1CC(c2ccc(F)cc2F)=NN1c1ccccc1Cl. The lowest BCUT2D eigenvalue weighted by Gasteiger charge is -2.24. The third-order valence-electron chi connectivity index (χ3n) is 4.26. The zero-order chi connectivity index (χ0) is 20.5. The van der Waals surface area contributed by atoms with Gasteiger partial charge in [-0.15, -0.1) is 0 Å². The quantitative estimate of drug-likeness (QED) is 0.602. The lowest BCUT2D eigenvalue weighted by atomic mass is 10.1. The Morgan fingerprint density at radius 2 is 1.90 bits per heavy atom. The number of anilines is 2. The predicted molar refractivity (Wildman–Crippen MR) is 107 cm³/mol. The minimum atomic E-state index is -0.748. The molecule has 0 aliphatic carbocycles. The predicted octanol–water partition coefficient (Wildman–Crippen LogP) is 4.66. The van der Waals surface area contributed by atoms with E-state index in [4.69, 9.17) is 33.7 Å². The Bertz CT molecular complexity index is 1110. The van der Waals surface area contributed by atoms with Crippen molar-refractivity contribution in [1.82, 2.24) is 9.97 Å². The highest BCUT2D eigenvalue weighted by Crippen LogP contribution is 2.35. The highest BCUT2D eigenvalue weighted by molar-refractivity contribution is 6.33. The molecule has 1 aromatic heterocycles. The molecule has 0 radical (unpaired) electrons. The van der Waals surface area contributed by atoms with E-state index < -0.39 is 17.9 Å². The Morgan fingerprint density at radius 1 is 1.10 bits per heavy atom. The molecule has 2 heterocycles. The van der Waals surface area contributed by atoms with Crippen molar-refractivity contribution in [3.05, 3.63) is 76.2 Å². The maximum Gasteiger partial charge on any atom is 0.243 e. The third-order valence-corrected chi connectivity index (χ3v) is 4.88. The third kappa shape index (κ3) is 3.81. The summed E-state index contributed by atoms with van der Waals surface area (Å²) in [5, 5.41) is 6.43. The van der Waals surface area contributed by atoms with Crippen LogP contribution in [0.5, 0.6) is 5.88 Å². The van der Waals surface area contributed by atoms with Crippen LogP contribution in [0.2, 0.25) is 10.2 Å². The second kappa shape index (κ2) is 7.81. The van der Waals surface area contributed by atoms with Crippen LogP contribution in [-0.2, 0) is 0 Å². The smallest absolute Gasteiger partial charge is 0.243 e. The molecule has 0 unspecified atom stereocenters. The zero-order valence-corrected chi connectivity index (χ0v) is 16.2. The van der Waals surface area contributed by atoms with E-state index in [0.29, 0.717) is 16.4 Å². The van der Waals surface area contributed by atoms with Gasteiger partial charge in [0.15, 0.2) is 11.4 Å². The molecule has 2 aromatic carbocycles. The van der Waals surface area contributed by atoms with Crippen LogP contribution in [-0.4, -0.2) is 21.9 Å². The number of nitrogens with zero attached hydrogens (tertiary/aromatic N) is 4. The molecule has 0 bridgehead atoms. The molecule has 148 valence electrons. The van der Waals surface area contributed by atoms with Gasteiger partial charge in [0.05, 0.1) is 22.8 Å². The Hall–Kier alpha value is -2.97.